The molecule has 4 aromatic rings. The van der Waals surface area contributed by atoms with Crippen molar-refractivity contribution < 1.29 is 18.1 Å². The van der Waals surface area contributed by atoms with Crippen molar-refractivity contribution in [3.63, 3.8) is 0 Å². The lowest BCUT2D eigenvalue weighted by Gasteiger charge is -2.21. The van der Waals surface area contributed by atoms with Crippen molar-refractivity contribution in [1.82, 2.24) is 14.1 Å². The summed E-state index contributed by atoms with van der Waals surface area (Å²) < 4.78 is 29.5. The summed E-state index contributed by atoms with van der Waals surface area (Å²) in [6.45, 7) is 5.25. The highest BCUT2D eigenvalue weighted by molar-refractivity contribution is 7.89. The molecule has 0 fully saturated rings. The molecule has 3 aromatic carbocycles. The van der Waals surface area contributed by atoms with E-state index in [0.29, 0.717) is 17.9 Å². The van der Waals surface area contributed by atoms with Crippen LogP contribution in [0.25, 0.3) is 16.8 Å². The summed E-state index contributed by atoms with van der Waals surface area (Å²) >= 11 is 0. The molecular weight excluding hydrogens is 518 g/mol. The van der Waals surface area contributed by atoms with E-state index in [9.17, 15) is 23.3 Å². The van der Waals surface area contributed by atoms with Crippen LogP contribution in [0.4, 0.5) is 11.5 Å². The fourth-order valence-electron chi connectivity index (χ4n) is 4.32. The molecule has 202 valence electrons. The number of nitrogens with one attached hydrogen (secondary N) is 1. The molecule has 10 nitrogen and oxygen atoms in total. The van der Waals surface area contributed by atoms with Gasteiger partial charge in [0.25, 0.3) is 5.69 Å². The highest BCUT2D eigenvalue weighted by atomic mass is 32.2. The Labute approximate surface area is 227 Å². The van der Waals surface area contributed by atoms with Gasteiger partial charge in [0.05, 0.1) is 27.7 Å². The monoisotopic (exact) mass is 547 g/mol. The summed E-state index contributed by atoms with van der Waals surface area (Å²) in [4.78, 5) is 23.7. The van der Waals surface area contributed by atoms with Crippen LogP contribution < -0.4 is 5.32 Å². The number of carbonyl (C=O) groups excluding carboxylic acids is 1. The Morgan fingerprint density at radius 1 is 1.00 bits per heavy atom. The molecule has 11 heteroatoms. The number of carbonyl (C=O) groups is 1. The SMILES string of the molecule is CCCN(CC(=O)Nc1c(-c2ccccc2)c(C)nn1-c1ccccc1C)S(=O)(=O)c1ccc([N+](=O)[O-])cc1. The molecule has 0 unspecified atom stereocenters. The van der Waals surface area contributed by atoms with Crippen LogP contribution in [0.2, 0.25) is 0 Å². The molecule has 1 N–H and O–H groups in total. The Hall–Kier alpha value is -4.35. The number of anilines is 1. The van der Waals surface area contributed by atoms with E-state index in [1.54, 1.807) is 11.6 Å². The molecule has 1 aromatic heterocycles. The zero-order valence-electron chi connectivity index (χ0n) is 21.9. The lowest BCUT2D eigenvalue weighted by atomic mass is 10.1. The van der Waals surface area contributed by atoms with Crippen LogP contribution in [0.15, 0.2) is 83.8 Å². The summed E-state index contributed by atoms with van der Waals surface area (Å²) in [5.74, 6) is -0.108. The molecule has 1 amide bonds. The van der Waals surface area contributed by atoms with E-state index in [-0.39, 0.29) is 17.1 Å². The molecule has 0 aliphatic carbocycles. The number of aromatic nitrogens is 2. The minimum absolute atomic E-state index is 0.0916. The molecule has 0 radical (unpaired) electrons. The molecular formula is C28H29N5O5S. The van der Waals surface area contributed by atoms with Crippen LogP contribution in [0.5, 0.6) is 0 Å². The van der Waals surface area contributed by atoms with E-state index in [1.165, 1.54) is 12.1 Å². The average Bonchev–Trinajstić information content (AvgIpc) is 3.24. The van der Waals surface area contributed by atoms with E-state index in [4.69, 9.17) is 5.10 Å². The number of non-ortho nitro benzene ring substituents is 1. The van der Waals surface area contributed by atoms with Crippen LogP contribution in [-0.2, 0) is 14.8 Å². The molecule has 0 bridgehead atoms. The highest BCUT2D eigenvalue weighted by Gasteiger charge is 2.28. The first-order chi connectivity index (χ1) is 18.6. The number of rotatable bonds is 10. The normalized spacial score (nSPS) is 11.5. The van der Waals surface area contributed by atoms with Crippen molar-refractivity contribution in [1.29, 1.82) is 0 Å². The topological polar surface area (TPSA) is 127 Å². The van der Waals surface area contributed by atoms with Gasteiger partial charge in [-0.3, -0.25) is 14.9 Å². The highest BCUT2D eigenvalue weighted by Crippen LogP contribution is 2.34. The standard InChI is InChI=1S/C28H29N5O5S/c1-4-18-31(39(37,38)24-16-14-23(15-17-24)33(35)36)19-26(34)29-28-27(22-11-6-5-7-12-22)21(3)30-32(28)25-13-9-8-10-20(25)2/h5-17H,4,18-19H2,1-3H3,(H,29,34). The predicted molar refractivity (Wildman–Crippen MR) is 149 cm³/mol. The van der Waals surface area contributed by atoms with Gasteiger partial charge in [0, 0.05) is 24.2 Å². The summed E-state index contributed by atoms with van der Waals surface area (Å²) in [6, 6.07) is 21.8. The van der Waals surface area contributed by atoms with Crippen LogP contribution >= 0.6 is 0 Å². The van der Waals surface area contributed by atoms with Crippen molar-refractivity contribution >= 4 is 27.4 Å². The third-order valence-electron chi connectivity index (χ3n) is 6.20. The van der Waals surface area contributed by atoms with Gasteiger partial charge in [-0.05, 0) is 49.6 Å². The van der Waals surface area contributed by atoms with Crippen molar-refractivity contribution in [2.24, 2.45) is 0 Å². The third-order valence-corrected chi connectivity index (χ3v) is 8.06. The summed E-state index contributed by atoms with van der Waals surface area (Å²) in [5, 5.41) is 18.6. The molecule has 0 spiro atoms. The van der Waals surface area contributed by atoms with Gasteiger partial charge >= 0.3 is 0 Å². The van der Waals surface area contributed by atoms with Crippen LogP contribution in [0.3, 0.4) is 0 Å². The van der Waals surface area contributed by atoms with E-state index >= 15 is 0 Å². The Balaban J connectivity index is 1.70. The third kappa shape index (κ3) is 5.89. The fraction of sp³-hybridized carbons (Fsp3) is 0.214. The van der Waals surface area contributed by atoms with Crippen LogP contribution in [0, 0.1) is 24.0 Å². The maximum Gasteiger partial charge on any atom is 0.269 e. The zero-order valence-corrected chi connectivity index (χ0v) is 22.7. The number of hydrogen-bond acceptors (Lipinski definition) is 6. The summed E-state index contributed by atoms with van der Waals surface area (Å²) in [7, 11) is -4.09. The first-order valence-corrected chi connectivity index (χ1v) is 13.8. The molecule has 0 saturated heterocycles. The fourth-order valence-corrected chi connectivity index (χ4v) is 5.81. The quantitative estimate of drug-likeness (QED) is 0.217. The van der Waals surface area contributed by atoms with Crippen molar-refractivity contribution in [3.8, 4) is 16.8 Å². The van der Waals surface area contributed by atoms with Gasteiger partial charge in [0.2, 0.25) is 15.9 Å². The number of amides is 1. The maximum atomic E-state index is 13.4. The zero-order chi connectivity index (χ0) is 28.2. The minimum atomic E-state index is -4.09. The lowest BCUT2D eigenvalue weighted by Crippen LogP contribution is -2.38. The Kier molecular flexibility index (Phi) is 8.22. The van der Waals surface area contributed by atoms with Gasteiger partial charge in [0.1, 0.15) is 5.82 Å². The predicted octanol–water partition coefficient (Wildman–Crippen LogP) is 5.10. The second-order valence-corrected chi connectivity index (χ2v) is 10.9. The molecule has 1 heterocycles. The minimum Gasteiger partial charge on any atom is -0.309 e. The first-order valence-electron chi connectivity index (χ1n) is 12.4. The molecule has 39 heavy (non-hydrogen) atoms. The Morgan fingerprint density at radius 3 is 2.26 bits per heavy atom. The number of benzene rings is 3. The number of hydrogen-bond donors (Lipinski definition) is 1. The van der Waals surface area contributed by atoms with Gasteiger partial charge in [0.15, 0.2) is 0 Å². The van der Waals surface area contributed by atoms with E-state index < -0.39 is 27.4 Å². The van der Waals surface area contributed by atoms with Crippen LogP contribution in [-0.4, -0.2) is 46.4 Å². The van der Waals surface area contributed by atoms with Crippen molar-refractivity contribution in [3.05, 3.63) is 100 Å². The molecule has 0 saturated carbocycles. The molecule has 0 atom stereocenters. The molecule has 0 aliphatic heterocycles. The number of nitro benzene ring substituents is 1. The molecule has 0 aliphatic rings. The van der Waals surface area contributed by atoms with E-state index in [2.05, 4.69) is 5.32 Å². The van der Waals surface area contributed by atoms with Gasteiger partial charge in [-0.1, -0.05) is 55.5 Å². The second-order valence-electron chi connectivity index (χ2n) is 9.01. The maximum absolute atomic E-state index is 13.4. The van der Waals surface area contributed by atoms with Crippen molar-refractivity contribution in [2.75, 3.05) is 18.4 Å². The number of para-hydroxylation sites is 1. The Bertz CT molecular complexity index is 1600. The Morgan fingerprint density at radius 2 is 1.64 bits per heavy atom. The summed E-state index contributed by atoms with van der Waals surface area (Å²) in [5.41, 5.74) is 3.79. The number of nitrogens with zero attached hydrogens (tertiary/aromatic N) is 4. The number of sulfonamides is 1. The van der Waals surface area contributed by atoms with Crippen molar-refractivity contribution in [2.45, 2.75) is 32.1 Å². The summed E-state index contributed by atoms with van der Waals surface area (Å²) in [6.07, 6.45) is 0.467. The van der Waals surface area contributed by atoms with Gasteiger partial charge in [-0.2, -0.15) is 9.40 Å². The second kappa shape index (κ2) is 11.6. The molecule has 4 rings (SSSR count). The lowest BCUT2D eigenvalue weighted by molar-refractivity contribution is -0.384. The number of nitro groups is 1. The average molecular weight is 548 g/mol. The van der Waals surface area contributed by atoms with Gasteiger partial charge < -0.3 is 5.32 Å². The van der Waals surface area contributed by atoms with E-state index in [0.717, 1.165) is 38.8 Å². The van der Waals surface area contributed by atoms with Gasteiger partial charge in [-0.25, -0.2) is 13.1 Å². The van der Waals surface area contributed by atoms with Crippen LogP contribution in [0.1, 0.15) is 24.6 Å². The van der Waals surface area contributed by atoms with Gasteiger partial charge in [-0.15, -0.1) is 0 Å². The number of aryl methyl sites for hydroxylation is 2. The smallest absolute Gasteiger partial charge is 0.269 e. The largest absolute Gasteiger partial charge is 0.309 e. The van der Waals surface area contributed by atoms with E-state index in [1.807, 2.05) is 68.4 Å². The first kappa shape index (κ1) is 27.7.